The standard InChI is InChI=1S/C24H29N3O2/c1-6-26(5)23(28)15-14-22-19(4)25-27(20-9-7-8-18(3)16-20)24(22)29-21-12-10-17(2)11-13-21/h7-13,16H,6,14-15H2,1-5H3. The average Bonchev–Trinajstić information content (AvgIpc) is 3.02. The summed E-state index contributed by atoms with van der Waals surface area (Å²) in [7, 11) is 1.83. The molecule has 0 saturated carbocycles. The first-order valence-corrected chi connectivity index (χ1v) is 10.0. The fraction of sp³-hybridized carbons (Fsp3) is 0.333. The van der Waals surface area contributed by atoms with Gasteiger partial charge in [-0.25, -0.2) is 4.68 Å². The van der Waals surface area contributed by atoms with Crippen molar-refractivity contribution in [1.82, 2.24) is 14.7 Å². The van der Waals surface area contributed by atoms with Crippen molar-refractivity contribution in [2.75, 3.05) is 13.6 Å². The van der Waals surface area contributed by atoms with E-state index in [1.807, 2.05) is 68.9 Å². The summed E-state index contributed by atoms with van der Waals surface area (Å²) in [6.45, 7) is 8.75. The first-order chi connectivity index (χ1) is 13.9. The van der Waals surface area contributed by atoms with Crippen LogP contribution < -0.4 is 4.74 Å². The fourth-order valence-corrected chi connectivity index (χ4v) is 3.18. The van der Waals surface area contributed by atoms with Gasteiger partial charge in [0, 0.05) is 25.6 Å². The highest BCUT2D eigenvalue weighted by molar-refractivity contribution is 5.76. The number of rotatable bonds is 7. The van der Waals surface area contributed by atoms with E-state index in [1.165, 1.54) is 5.56 Å². The van der Waals surface area contributed by atoms with Crippen LogP contribution in [0.15, 0.2) is 48.5 Å². The number of nitrogens with zero attached hydrogens (tertiary/aromatic N) is 3. The van der Waals surface area contributed by atoms with Crippen molar-refractivity contribution in [3.63, 3.8) is 0 Å². The fourth-order valence-electron chi connectivity index (χ4n) is 3.18. The van der Waals surface area contributed by atoms with E-state index in [9.17, 15) is 4.79 Å². The molecular weight excluding hydrogens is 362 g/mol. The SMILES string of the molecule is CCN(C)C(=O)CCc1c(C)nn(-c2cccc(C)c2)c1Oc1ccc(C)cc1. The number of amides is 1. The third-order valence-electron chi connectivity index (χ3n) is 5.11. The van der Waals surface area contributed by atoms with Gasteiger partial charge in [0.15, 0.2) is 0 Å². The van der Waals surface area contributed by atoms with Gasteiger partial charge in [0.1, 0.15) is 5.75 Å². The van der Waals surface area contributed by atoms with E-state index in [0.29, 0.717) is 25.3 Å². The van der Waals surface area contributed by atoms with Crippen LogP contribution in [0, 0.1) is 20.8 Å². The van der Waals surface area contributed by atoms with Crippen molar-refractivity contribution in [3.05, 3.63) is 70.9 Å². The molecule has 1 amide bonds. The van der Waals surface area contributed by atoms with E-state index in [-0.39, 0.29) is 5.91 Å². The van der Waals surface area contributed by atoms with Crippen molar-refractivity contribution < 1.29 is 9.53 Å². The van der Waals surface area contributed by atoms with Crippen LogP contribution in [0.4, 0.5) is 0 Å². The molecule has 0 N–H and O–H groups in total. The second-order valence-electron chi connectivity index (χ2n) is 7.44. The Balaban J connectivity index is 2.00. The number of hydrogen-bond acceptors (Lipinski definition) is 3. The maximum atomic E-state index is 12.3. The molecule has 0 fully saturated rings. The molecule has 5 heteroatoms. The molecule has 0 aliphatic heterocycles. The highest BCUT2D eigenvalue weighted by Gasteiger charge is 2.20. The van der Waals surface area contributed by atoms with E-state index in [1.54, 1.807) is 4.90 Å². The molecule has 0 bridgehead atoms. The summed E-state index contributed by atoms with van der Waals surface area (Å²) in [4.78, 5) is 14.1. The van der Waals surface area contributed by atoms with Crippen LogP contribution in [0.1, 0.15) is 35.7 Å². The average molecular weight is 392 g/mol. The van der Waals surface area contributed by atoms with Gasteiger partial charge in [0.2, 0.25) is 11.8 Å². The Morgan fingerprint density at radius 1 is 1.07 bits per heavy atom. The molecule has 0 unspecified atom stereocenters. The monoisotopic (exact) mass is 391 g/mol. The van der Waals surface area contributed by atoms with Crippen LogP contribution in [0.5, 0.6) is 11.6 Å². The number of hydrogen-bond donors (Lipinski definition) is 0. The quantitative estimate of drug-likeness (QED) is 0.569. The van der Waals surface area contributed by atoms with E-state index in [2.05, 4.69) is 19.1 Å². The number of aromatic nitrogens is 2. The Hall–Kier alpha value is -3.08. The summed E-state index contributed by atoms with van der Waals surface area (Å²) in [6, 6.07) is 16.1. The molecule has 3 aromatic rings. The molecule has 1 aromatic heterocycles. The summed E-state index contributed by atoms with van der Waals surface area (Å²) >= 11 is 0. The maximum absolute atomic E-state index is 12.3. The lowest BCUT2D eigenvalue weighted by molar-refractivity contribution is -0.129. The predicted octanol–water partition coefficient (Wildman–Crippen LogP) is 5.00. The molecular formula is C24H29N3O2. The van der Waals surface area contributed by atoms with Gasteiger partial charge in [-0.3, -0.25) is 4.79 Å². The third-order valence-corrected chi connectivity index (χ3v) is 5.11. The largest absolute Gasteiger partial charge is 0.439 e. The van der Waals surface area contributed by atoms with Gasteiger partial charge in [-0.1, -0.05) is 29.8 Å². The second-order valence-corrected chi connectivity index (χ2v) is 7.44. The van der Waals surface area contributed by atoms with E-state index >= 15 is 0 Å². The van der Waals surface area contributed by atoms with E-state index < -0.39 is 0 Å². The topological polar surface area (TPSA) is 47.4 Å². The highest BCUT2D eigenvalue weighted by Crippen LogP contribution is 2.32. The van der Waals surface area contributed by atoms with Gasteiger partial charge in [-0.05, 0) is 63.9 Å². The maximum Gasteiger partial charge on any atom is 0.226 e. The van der Waals surface area contributed by atoms with Gasteiger partial charge in [0.25, 0.3) is 0 Å². The highest BCUT2D eigenvalue weighted by atomic mass is 16.5. The van der Waals surface area contributed by atoms with Crippen molar-refractivity contribution in [2.45, 2.75) is 40.5 Å². The van der Waals surface area contributed by atoms with E-state index in [4.69, 9.17) is 9.84 Å². The smallest absolute Gasteiger partial charge is 0.226 e. The summed E-state index contributed by atoms with van der Waals surface area (Å²) in [6.07, 6.45) is 1.01. The Labute approximate surface area is 172 Å². The Morgan fingerprint density at radius 3 is 2.45 bits per heavy atom. The third kappa shape index (κ3) is 4.86. The first kappa shape index (κ1) is 20.6. The zero-order valence-corrected chi connectivity index (χ0v) is 17.9. The molecule has 0 saturated heterocycles. The van der Waals surface area contributed by atoms with Crippen LogP contribution >= 0.6 is 0 Å². The molecule has 2 aromatic carbocycles. The number of benzene rings is 2. The van der Waals surface area contributed by atoms with Crippen molar-refractivity contribution in [1.29, 1.82) is 0 Å². The molecule has 152 valence electrons. The van der Waals surface area contributed by atoms with Crippen LogP contribution in [0.3, 0.4) is 0 Å². The van der Waals surface area contributed by atoms with Gasteiger partial charge < -0.3 is 9.64 Å². The van der Waals surface area contributed by atoms with Gasteiger partial charge >= 0.3 is 0 Å². The summed E-state index contributed by atoms with van der Waals surface area (Å²) in [5, 5.41) is 4.75. The Kier molecular flexibility index (Phi) is 6.37. The molecule has 0 radical (unpaired) electrons. The van der Waals surface area contributed by atoms with Gasteiger partial charge in [0.05, 0.1) is 11.4 Å². The summed E-state index contributed by atoms with van der Waals surface area (Å²) < 4.78 is 8.14. The lowest BCUT2D eigenvalue weighted by Crippen LogP contribution is -2.26. The Morgan fingerprint density at radius 2 is 1.79 bits per heavy atom. The lowest BCUT2D eigenvalue weighted by Gasteiger charge is -2.15. The number of carbonyl (C=O) groups excluding carboxylic acids is 1. The zero-order valence-electron chi connectivity index (χ0n) is 17.9. The van der Waals surface area contributed by atoms with Crippen LogP contribution in [-0.2, 0) is 11.2 Å². The van der Waals surface area contributed by atoms with Crippen LogP contribution in [-0.4, -0.2) is 34.2 Å². The molecule has 0 spiro atoms. The predicted molar refractivity (Wildman–Crippen MR) is 116 cm³/mol. The molecule has 5 nitrogen and oxygen atoms in total. The van der Waals surface area contributed by atoms with Gasteiger partial charge in [-0.2, -0.15) is 5.10 Å². The molecule has 0 aliphatic rings. The molecule has 3 rings (SSSR count). The molecule has 0 atom stereocenters. The molecule has 1 heterocycles. The number of ether oxygens (including phenoxy) is 1. The molecule has 29 heavy (non-hydrogen) atoms. The minimum atomic E-state index is 0.122. The normalized spacial score (nSPS) is 10.8. The minimum absolute atomic E-state index is 0.122. The second kappa shape index (κ2) is 8.95. The minimum Gasteiger partial charge on any atom is -0.439 e. The summed E-state index contributed by atoms with van der Waals surface area (Å²) in [5.41, 5.74) is 5.11. The number of aryl methyl sites for hydroxylation is 3. The van der Waals surface area contributed by atoms with Gasteiger partial charge in [-0.15, -0.1) is 0 Å². The van der Waals surface area contributed by atoms with Crippen molar-refractivity contribution in [3.8, 4) is 17.3 Å². The van der Waals surface area contributed by atoms with E-state index in [0.717, 1.165) is 28.3 Å². The van der Waals surface area contributed by atoms with Crippen LogP contribution in [0.2, 0.25) is 0 Å². The Bertz CT molecular complexity index is 990. The first-order valence-electron chi connectivity index (χ1n) is 10.0. The van der Waals surface area contributed by atoms with Crippen LogP contribution in [0.25, 0.3) is 5.69 Å². The zero-order chi connectivity index (χ0) is 21.0. The molecule has 0 aliphatic carbocycles. The summed E-state index contributed by atoms with van der Waals surface area (Å²) in [5.74, 6) is 1.54. The van der Waals surface area contributed by atoms with Crippen molar-refractivity contribution >= 4 is 5.91 Å². The van der Waals surface area contributed by atoms with Crippen molar-refractivity contribution in [2.24, 2.45) is 0 Å². The lowest BCUT2D eigenvalue weighted by atomic mass is 10.1. The number of carbonyl (C=O) groups is 1.